The molecule has 24 heavy (non-hydrogen) atoms. The van der Waals surface area contributed by atoms with Crippen molar-refractivity contribution in [3.05, 3.63) is 29.3 Å². The fraction of sp³-hybridized carbons (Fsp3) is 0.500. The van der Waals surface area contributed by atoms with Gasteiger partial charge in [0.2, 0.25) is 0 Å². The van der Waals surface area contributed by atoms with Crippen molar-refractivity contribution in [1.29, 1.82) is 0 Å². The summed E-state index contributed by atoms with van der Waals surface area (Å²) in [6, 6.07) is 3.87. The number of piperazine rings is 1. The minimum absolute atomic E-state index is 0.0323. The van der Waals surface area contributed by atoms with E-state index in [0.717, 1.165) is 4.31 Å². The molecular weight excluding hydrogens is 330 g/mol. The highest BCUT2D eigenvalue weighted by molar-refractivity contribution is 7.90. The lowest BCUT2D eigenvalue weighted by Crippen LogP contribution is -2.52. The zero-order valence-corrected chi connectivity index (χ0v) is 14.8. The lowest BCUT2D eigenvalue weighted by atomic mass is 10.1. The van der Waals surface area contributed by atoms with E-state index in [1.165, 1.54) is 18.2 Å². The average molecular weight is 351 g/mol. The number of carbonyl (C=O) groups excluding carboxylic acids is 2. The summed E-state index contributed by atoms with van der Waals surface area (Å²) in [5.41, 5.74) is 0.429. The van der Waals surface area contributed by atoms with E-state index >= 15 is 0 Å². The number of nitrogens with zero attached hydrogens (tertiary/aromatic N) is 2. The van der Waals surface area contributed by atoms with E-state index in [4.69, 9.17) is 0 Å². The first-order chi connectivity index (χ1) is 11.2. The summed E-state index contributed by atoms with van der Waals surface area (Å²) in [6.45, 7) is 7.22. The molecule has 0 aliphatic carbocycles. The van der Waals surface area contributed by atoms with Gasteiger partial charge in [-0.3, -0.25) is 9.59 Å². The van der Waals surface area contributed by atoms with Crippen molar-refractivity contribution in [3.63, 3.8) is 0 Å². The maximum Gasteiger partial charge on any atom is 0.269 e. The predicted octanol–water partition coefficient (Wildman–Crippen LogP) is 0.673. The van der Waals surface area contributed by atoms with Gasteiger partial charge in [-0.25, -0.2) is 12.7 Å². The minimum Gasteiger partial charge on any atom is -0.333 e. The number of sulfonamides is 1. The molecule has 3 rings (SSSR count). The smallest absolute Gasteiger partial charge is 0.269 e. The maximum atomic E-state index is 12.7. The third kappa shape index (κ3) is 2.50. The van der Waals surface area contributed by atoms with E-state index in [1.807, 2.05) is 6.92 Å². The molecule has 1 atom stereocenters. The average Bonchev–Trinajstić information content (AvgIpc) is 2.73. The van der Waals surface area contributed by atoms with Gasteiger partial charge in [-0.1, -0.05) is 0 Å². The van der Waals surface area contributed by atoms with Crippen molar-refractivity contribution in [2.75, 3.05) is 19.6 Å². The fourth-order valence-corrected chi connectivity index (χ4v) is 4.99. The Labute approximate surface area is 141 Å². The second-order valence-corrected chi connectivity index (χ2v) is 8.25. The van der Waals surface area contributed by atoms with Crippen LogP contribution < -0.4 is 5.32 Å². The lowest BCUT2D eigenvalue weighted by molar-refractivity contribution is 0.0655. The van der Waals surface area contributed by atoms with Gasteiger partial charge in [0.15, 0.2) is 0 Å². The highest BCUT2D eigenvalue weighted by atomic mass is 32.2. The van der Waals surface area contributed by atoms with Gasteiger partial charge < -0.3 is 10.2 Å². The maximum absolute atomic E-state index is 12.7. The van der Waals surface area contributed by atoms with E-state index < -0.39 is 22.0 Å². The summed E-state index contributed by atoms with van der Waals surface area (Å²) in [6.07, 6.45) is 0. The Morgan fingerprint density at radius 1 is 1.33 bits per heavy atom. The quantitative estimate of drug-likeness (QED) is 0.846. The third-order valence-corrected chi connectivity index (χ3v) is 6.43. The highest BCUT2D eigenvalue weighted by Crippen LogP contribution is 2.32. The molecule has 2 heterocycles. The molecule has 1 aromatic rings. The van der Waals surface area contributed by atoms with Crippen molar-refractivity contribution in [3.8, 4) is 0 Å². The molecule has 0 saturated carbocycles. The first kappa shape index (κ1) is 16.9. The van der Waals surface area contributed by atoms with Crippen molar-refractivity contribution in [1.82, 2.24) is 14.5 Å². The number of rotatable bonds is 2. The zero-order valence-electron chi connectivity index (χ0n) is 13.9. The number of benzene rings is 1. The molecule has 2 amide bonds. The van der Waals surface area contributed by atoms with Gasteiger partial charge in [-0.15, -0.1) is 0 Å². The van der Waals surface area contributed by atoms with Crippen LogP contribution in [-0.2, 0) is 10.0 Å². The number of hydrogen-bond donors (Lipinski definition) is 1. The van der Waals surface area contributed by atoms with Crippen LogP contribution in [0.15, 0.2) is 23.1 Å². The normalized spacial score (nSPS) is 22.8. The molecule has 1 fully saturated rings. The van der Waals surface area contributed by atoms with Crippen molar-refractivity contribution >= 4 is 21.8 Å². The largest absolute Gasteiger partial charge is 0.333 e. The van der Waals surface area contributed by atoms with E-state index in [-0.39, 0.29) is 22.4 Å². The van der Waals surface area contributed by atoms with Crippen LogP contribution >= 0.6 is 0 Å². The molecule has 1 saturated heterocycles. The summed E-state index contributed by atoms with van der Waals surface area (Å²) in [5.74, 6) is -0.744. The van der Waals surface area contributed by atoms with Gasteiger partial charge in [-0.2, -0.15) is 0 Å². The number of amides is 2. The van der Waals surface area contributed by atoms with Crippen LogP contribution in [0.1, 0.15) is 41.5 Å². The van der Waals surface area contributed by atoms with E-state index in [2.05, 4.69) is 5.32 Å². The minimum atomic E-state index is -3.89. The molecule has 2 aliphatic rings. The van der Waals surface area contributed by atoms with Gasteiger partial charge in [0.25, 0.3) is 21.8 Å². The van der Waals surface area contributed by atoms with E-state index in [9.17, 15) is 18.0 Å². The van der Waals surface area contributed by atoms with Gasteiger partial charge in [-0.05, 0) is 39.0 Å². The SMILES string of the molecule is CC1CNCCN1C(=O)c1ccc2c(c1)S(=O)(=O)N(C(C)C)C2=O. The van der Waals surface area contributed by atoms with Gasteiger partial charge in [0.1, 0.15) is 4.90 Å². The Morgan fingerprint density at radius 2 is 2.04 bits per heavy atom. The fourth-order valence-electron chi connectivity index (χ4n) is 3.20. The highest BCUT2D eigenvalue weighted by Gasteiger charge is 2.43. The van der Waals surface area contributed by atoms with E-state index in [1.54, 1.807) is 18.7 Å². The van der Waals surface area contributed by atoms with Crippen LogP contribution in [0.4, 0.5) is 0 Å². The molecule has 2 aliphatic heterocycles. The van der Waals surface area contributed by atoms with Crippen molar-refractivity contribution < 1.29 is 18.0 Å². The summed E-state index contributed by atoms with van der Waals surface area (Å²) < 4.78 is 26.1. The Morgan fingerprint density at radius 3 is 2.67 bits per heavy atom. The summed E-state index contributed by atoms with van der Waals surface area (Å²) in [7, 11) is -3.89. The Balaban J connectivity index is 2.00. The molecule has 0 radical (unpaired) electrons. The number of fused-ring (bicyclic) bond motifs is 1. The van der Waals surface area contributed by atoms with Crippen LogP contribution in [-0.4, -0.2) is 61.2 Å². The molecule has 1 N–H and O–H groups in total. The Kier molecular flexibility index (Phi) is 4.13. The Hall–Kier alpha value is -1.93. The molecule has 130 valence electrons. The number of hydrogen-bond acceptors (Lipinski definition) is 5. The third-order valence-electron chi connectivity index (χ3n) is 4.43. The molecule has 8 heteroatoms. The first-order valence-electron chi connectivity index (χ1n) is 7.99. The molecule has 7 nitrogen and oxygen atoms in total. The molecule has 0 aromatic heterocycles. The standard InChI is InChI=1S/C16H21N3O4S/c1-10(2)19-16(21)13-5-4-12(8-14(13)24(19,22)23)15(20)18-7-6-17-9-11(18)3/h4-5,8,10-11,17H,6-7,9H2,1-3H3. The zero-order chi connectivity index (χ0) is 17.6. The van der Waals surface area contributed by atoms with Crippen LogP contribution in [0.2, 0.25) is 0 Å². The van der Waals surface area contributed by atoms with Crippen LogP contribution in [0, 0.1) is 0 Å². The second-order valence-electron chi connectivity index (χ2n) is 6.46. The van der Waals surface area contributed by atoms with Gasteiger partial charge in [0, 0.05) is 37.3 Å². The molecule has 0 spiro atoms. The molecular formula is C16H21N3O4S. The first-order valence-corrected chi connectivity index (χ1v) is 9.43. The summed E-state index contributed by atoms with van der Waals surface area (Å²) in [4.78, 5) is 26.7. The topological polar surface area (TPSA) is 86.8 Å². The lowest BCUT2D eigenvalue weighted by Gasteiger charge is -2.34. The number of carbonyl (C=O) groups is 2. The van der Waals surface area contributed by atoms with E-state index in [0.29, 0.717) is 25.2 Å². The van der Waals surface area contributed by atoms with Gasteiger partial charge >= 0.3 is 0 Å². The predicted molar refractivity (Wildman–Crippen MR) is 88.3 cm³/mol. The monoisotopic (exact) mass is 351 g/mol. The second kappa shape index (κ2) is 5.86. The van der Waals surface area contributed by atoms with Crippen molar-refractivity contribution in [2.45, 2.75) is 37.8 Å². The summed E-state index contributed by atoms with van der Waals surface area (Å²) in [5, 5.41) is 3.21. The van der Waals surface area contributed by atoms with Crippen molar-refractivity contribution in [2.24, 2.45) is 0 Å². The summed E-state index contributed by atoms with van der Waals surface area (Å²) >= 11 is 0. The van der Waals surface area contributed by atoms with Crippen LogP contribution in [0.25, 0.3) is 0 Å². The number of nitrogens with one attached hydrogen (secondary N) is 1. The van der Waals surface area contributed by atoms with Gasteiger partial charge in [0.05, 0.1) is 5.56 Å². The van der Waals surface area contributed by atoms with Crippen LogP contribution in [0.3, 0.4) is 0 Å². The Bertz CT molecular complexity index is 804. The van der Waals surface area contributed by atoms with Crippen LogP contribution in [0.5, 0.6) is 0 Å². The molecule has 1 unspecified atom stereocenters. The molecule has 0 bridgehead atoms. The molecule has 1 aromatic carbocycles.